The number of halogens is 1. The predicted molar refractivity (Wildman–Crippen MR) is 173 cm³/mol. The Hall–Kier alpha value is -4.34. The van der Waals surface area contributed by atoms with Crippen molar-refractivity contribution in [3.63, 3.8) is 0 Å². The Balaban J connectivity index is 1.71. The van der Waals surface area contributed by atoms with E-state index >= 15 is 0 Å². The van der Waals surface area contributed by atoms with Gasteiger partial charge < -0.3 is 15.0 Å². The number of ether oxygens (including phenoxy) is 1. The van der Waals surface area contributed by atoms with Crippen molar-refractivity contribution in [2.24, 2.45) is 0 Å². The molecule has 44 heavy (non-hydrogen) atoms. The third-order valence-corrected chi connectivity index (χ3v) is 8.84. The van der Waals surface area contributed by atoms with E-state index in [9.17, 15) is 18.0 Å². The molecule has 0 heterocycles. The number of amides is 2. The number of hydrogen-bond donors (Lipinski definition) is 1. The molecule has 0 aromatic heterocycles. The van der Waals surface area contributed by atoms with Gasteiger partial charge >= 0.3 is 0 Å². The summed E-state index contributed by atoms with van der Waals surface area (Å²) in [4.78, 5) is 28.9. The van der Waals surface area contributed by atoms with Crippen molar-refractivity contribution in [3.05, 3.63) is 120 Å². The minimum absolute atomic E-state index is 0.0336. The van der Waals surface area contributed by atoms with E-state index in [4.69, 9.17) is 16.3 Å². The van der Waals surface area contributed by atoms with Crippen molar-refractivity contribution in [1.29, 1.82) is 0 Å². The van der Waals surface area contributed by atoms with Gasteiger partial charge in [0.1, 0.15) is 24.1 Å². The summed E-state index contributed by atoms with van der Waals surface area (Å²) >= 11 is 6.08. The molecule has 1 N–H and O–H groups in total. The van der Waals surface area contributed by atoms with Gasteiger partial charge in [-0.3, -0.25) is 13.9 Å². The summed E-state index contributed by atoms with van der Waals surface area (Å²) in [6.45, 7) is 5.06. The maximum Gasteiger partial charge on any atom is 0.264 e. The lowest BCUT2D eigenvalue weighted by Crippen LogP contribution is -2.53. The molecule has 4 rings (SSSR count). The number of nitrogens with one attached hydrogen (secondary N) is 1. The number of anilines is 1. The van der Waals surface area contributed by atoms with Crippen LogP contribution in [0, 0.1) is 0 Å². The maximum absolute atomic E-state index is 14.2. The van der Waals surface area contributed by atoms with Gasteiger partial charge in [0, 0.05) is 17.6 Å². The third kappa shape index (κ3) is 8.39. The standard InChI is InChI=1S/C34H36ClN3O5S/c1-4-32(34(40)36-25(2)3)37(23-26-15-17-27(35)18-16-26)33(39)24-38(44(41,42)31-13-9-6-10-14-31)28-19-21-30(22-20-28)43-29-11-7-5-8-12-29/h5-22,25,32H,4,23-24H2,1-3H3,(H,36,40)/t32-/m1/s1. The summed E-state index contributed by atoms with van der Waals surface area (Å²) in [5.74, 6) is 0.288. The van der Waals surface area contributed by atoms with Crippen molar-refractivity contribution in [3.8, 4) is 11.5 Å². The molecule has 0 unspecified atom stereocenters. The molecular formula is C34H36ClN3O5S. The van der Waals surface area contributed by atoms with Crippen LogP contribution in [0.25, 0.3) is 0 Å². The molecule has 0 saturated carbocycles. The lowest BCUT2D eigenvalue weighted by molar-refractivity contribution is -0.140. The Morgan fingerprint density at radius 2 is 1.39 bits per heavy atom. The largest absolute Gasteiger partial charge is 0.457 e. The fourth-order valence-electron chi connectivity index (χ4n) is 4.64. The first-order valence-electron chi connectivity index (χ1n) is 14.3. The van der Waals surface area contributed by atoms with Crippen LogP contribution in [0.1, 0.15) is 32.8 Å². The van der Waals surface area contributed by atoms with E-state index in [2.05, 4.69) is 5.32 Å². The van der Waals surface area contributed by atoms with Gasteiger partial charge in [0.2, 0.25) is 11.8 Å². The molecular weight excluding hydrogens is 598 g/mol. The van der Waals surface area contributed by atoms with Crippen molar-refractivity contribution >= 4 is 39.1 Å². The summed E-state index contributed by atoms with van der Waals surface area (Å²) in [6.07, 6.45) is 0.328. The average Bonchev–Trinajstić information content (AvgIpc) is 3.01. The van der Waals surface area contributed by atoms with Gasteiger partial charge in [-0.1, -0.05) is 67.1 Å². The second-order valence-corrected chi connectivity index (χ2v) is 12.8. The van der Waals surface area contributed by atoms with Gasteiger partial charge in [-0.2, -0.15) is 0 Å². The van der Waals surface area contributed by atoms with Crippen LogP contribution in [-0.2, 0) is 26.2 Å². The van der Waals surface area contributed by atoms with Crippen molar-refractivity contribution in [1.82, 2.24) is 10.2 Å². The predicted octanol–water partition coefficient (Wildman–Crippen LogP) is 6.66. The van der Waals surface area contributed by atoms with Gasteiger partial charge in [-0.15, -0.1) is 0 Å². The lowest BCUT2D eigenvalue weighted by atomic mass is 10.1. The SMILES string of the molecule is CC[C@H](C(=O)NC(C)C)N(Cc1ccc(Cl)cc1)C(=O)CN(c1ccc(Oc2ccccc2)cc1)S(=O)(=O)c1ccccc1. The molecule has 0 aliphatic carbocycles. The number of benzene rings is 4. The fourth-order valence-corrected chi connectivity index (χ4v) is 6.20. The quantitative estimate of drug-likeness (QED) is 0.178. The van der Waals surface area contributed by atoms with E-state index in [0.29, 0.717) is 22.9 Å². The van der Waals surface area contributed by atoms with Crippen LogP contribution in [0.2, 0.25) is 5.02 Å². The summed E-state index contributed by atoms with van der Waals surface area (Å²) in [7, 11) is -4.18. The van der Waals surface area contributed by atoms with E-state index in [1.807, 2.05) is 51.1 Å². The highest BCUT2D eigenvalue weighted by Gasteiger charge is 2.33. The number of carbonyl (C=O) groups is 2. The summed E-state index contributed by atoms with van der Waals surface area (Å²) in [5.41, 5.74) is 1.02. The second kappa shape index (κ2) is 14.9. The van der Waals surface area contributed by atoms with Crippen LogP contribution in [0.15, 0.2) is 114 Å². The highest BCUT2D eigenvalue weighted by molar-refractivity contribution is 7.92. The van der Waals surface area contributed by atoms with Crippen molar-refractivity contribution < 1.29 is 22.7 Å². The van der Waals surface area contributed by atoms with Crippen LogP contribution in [0.4, 0.5) is 5.69 Å². The molecule has 0 fully saturated rings. The molecule has 4 aromatic rings. The maximum atomic E-state index is 14.2. The third-order valence-electron chi connectivity index (χ3n) is 6.80. The van der Waals surface area contributed by atoms with Crippen LogP contribution in [0.5, 0.6) is 11.5 Å². The van der Waals surface area contributed by atoms with Crippen LogP contribution in [-0.4, -0.2) is 43.8 Å². The molecule has 2 amide bonds. The van der Waals surface area contributed by atoms with Gasteiger partial charge in [-0.05, 0) is 86.5 Å². The highest BCUT2D eigenvalue weighted by Crippen LogP contribution is 2.29. The van der Waals surface area contributed by atoms with Crippen LogP contribution >= 0.6 is 11.6 Å². The summed E-state index contributed by atoms with van der Waals surface area (Å²) < 4.78 is 35.0. The highest BCUT2D eigenvalue weighted by atomic mass is 35.5. The Labute approximate surface area is 264 Å². The first-order valence-corrected chi connectivity index (χ1v) is 16.2. The lowest BCUT2D eigenvalue weighted by Gasteiger charge is -2.33. The number of para-hydroxylation sites is 1. The Morgan fingerprint density at radius 3 is 1.95 bits per heavy atom. The van der Waals surface area contributed by atoms with E-state index in [1.165, 1.54) is 17.0 Å². The van der Waals surface area contributed by atoms with Gasteiger partial charge in [-0.25, -0.2) is 8.42 Å². The smallest absolute Gasteiger partial charge is 0.264 e. The molecule has 1 atom stereocenters. The molecule has 4 aromatic carbocycles. The minimum Gasteiger partial charge on any atom is -0.457 e. The van der Waals surface area contributed by atoms with Crippen LogP contribution in [0.3, 0.4) is 0 Å². The molecule has 0 radical (unpaired) electrons. The van der Waals surface area contributed by atoms with E-state index in [0.717, 1.165) is 9.87 Å². The van der Waals surface area contributed by atoms with E-state index in [-0.39, 0.29) is 29.1 Å². The molecule has 10 heteroatoms. The number of rotatable bonds is 13. The van der Waals surface area contributed by atoms with Gasteiger partial charge in [0.15, 0.2) is 0 Å². The van der Waals surface area contributed by atoms with Crippen molar-refractivity contribution in [2.45, 2.75) is 50.7 Å². The minimum atomic E-state index is -4.18. The zero-order valence-electron chi connectivity index (χ0n) is 24.9. The number of carbonyl (C=O) groups excluding carboxylic acids is 2. The Morgan fingerprint density at radius 1 is 0.818 bits per heavy atom. The monoisotopic (exact) mass is 633 g/mol. The first kappa shape index (κ1) is 32.6. The number of sulfonamides is 1. The van der Waals surface area contributed by atoms with E-state index in [1.54, 1.807) is 66.7 Å². The topological polar surface area (TPSA) is 96.0 Å². The molecule has 8 nitrogen and oxygen atoms in total. The number of hydrogen-bond acceptors (Lipinski definition) is 5. The van der Waals surface area contributed by atoms with E-state index < -0.39 is 28.5 Å². The van der Waals surface area contributed by atoms with Gasteiger partial charge in [0.05, 0.1) is 10.6 Å². The Kier molecular flexibility index (Phi) is 11.0. The Bertz CT molecular complexity index is 1630. The average molecular weight is 634 g/mol. The first-order chi connectivity index (χ1) is 21.1. The normalized spacial score (nSPS) is 11.9. The van der Waals surface area contributed by atoms with Crippen LogP contribution < -0.4 is 14.4 Å². The molecule has 0 bridgehead atoms. The molecule has 0 spiro atoms. The molecule has 0 aliphatic rings. The zero-order chi connectivity index (χ0) is 31.7. The second-order valence-electron chi connectivity index (χ2n) is 10.5. The summed E-state index contributed by atoms with van der Waals surface area (Å²) in [5, 5.41) is 3.43. The summed E-state index contributed by atoms with van der Waals surface area (Å²) in [6, 6.07) is 29.6. The number of nitrogens with zero attached hydrogens (tertiary/aromatic N) is 2. The van der Waals surface area contributed by atoms with Crippen molar-refractivity contribution in [2.75, 3.05) is 10.8 Å². The molecule has 0 saturated heterocycles. The fraction of sp³-hybridized carbons (Fsp3) is 0.235. The zero-order valence-corrected chi connectivity index (χ0v) is 26.5. The molecule has 0 aliphatic heterocycles. The molecule has 230 valence electrons. The van der Waals surface area contributed by atoms with Gasteiger partial charge in [0.25, 0.3) is 10.0 Å².